The normalized spacial score (nSPS) is 11.1. The Hall–Kier alpha value is 1.61. The van der Waals surface area contributed by atoms with Crippen LogP contribution in [0.15, 0.2) is 0 Å². The van der Waals surface area contributed by atoms with Crippen molar-refractivity contribution in [3.05, 3.63) is 0 Å². The Kier molecular flexibility index (Phi) is 15.3. The molecule has 3 nitrogen and oxygen atoms in total. The van der Waals surface area contributed by atoms with Crippen molar-refractivity contribution in [3.8, 4) is 0 Å². The van der Waals surface area contributed by atoms with Gasteiger partial charge in [-0.1, -0.05) is 35.4 Å². The Morgan fingerprint density at radius 2 is 1.87 bits per heavy atom. The third-order valence-electron chi connectivity index (χ3n) is 1.29. The SMILES string of the molecule is CCCOS(=O)(=O)CCCSSCC.[Na]. The second kappa shape index (κ2) is 12.1. The molecule has 0 aliphatic carbocycles. The van der Waals surface area contributed by atoms with Crippen LogP contribution in [0.25, 0.3) is 0 Å². The average molecular weight is 281 g/mol. The van der Waals surface area contributed by atoms with E-state index >= 15 is 0 Å². The zero-order chi connectivity index (χ0) is 10.9. The minimum atomic E-state index is -3.25. The zero-order valence-corrected chi connectivity index (χ0v) is 14.1. The molecule has 87 valence electrons. The van der Waals surface area contributed by atoms with Gasteiger partial charge < -0.3 is 0 Å². The predicted octanol–water partition coefficient (Wildman–Crippen LogP) is 2.15. The number of hydrogen-bond acceptors (Lipinski definition) is 5. The maximum absolute atomic E-state index is 11.2. The Bertz CT molecular complexity index is 219. The van der Waals surface area contributed by atoms with Crippen molar-refractivity contribution in [2.75, 3.05) is 23.9 Å². The van der Waals surface area contributed by atoms with Gasteiger partial charge in [0.15, 0.2) is 0 Å². The first-order chi connectivity index (χ1) is 6.62. The van der Waals surface area contributed by atoms with E-state index < -0.39 is 10.1 Å². The van der Waals surface area contributed by atoms with Gasteiger partial charge in [0.05, 0.1) is 12.4 Å². The van der Waals surface area contributed by atoms with Crippen molar-refractivity contribution in [1.29, 1.82) is 0 Å². The molecule has 0 spiro atoms. The summed E-state index contributed by atoms with van der Waals surface area (Å²) in [7, 11) is 0.219. The first kappa shape index (κ1) is 19.0. The topological polar surface area (TPSA) is 43.4 Å². The first-order valence-corrected chi connectivity index (χ1v) is 8.80. The second-order valence-corrected chi connectivity index (χ2v) is 7.30. The molecule has 0 aliphatic rings. The fourth-order valence-corrected chi connectivity index (χ4v) is 3.68. The van der Waals surface area contributed by atoms with Crippen LogP contribution in [0.3, 0.4) is 0 Å². The fourth-order valence-electron chi connectivity index (χ4n) is 0.706. The smallest absolute Gasteiger partial charge is 0.267 e. The van der Waals surface area contributed by atoms with Crippen molar-refractivity contribution in [2.45, 2.75) is 26.7 Å². The number of rotatable bonds is 9. The Morgan fingerprint density at radius 3 is 2.40 bits per heavy atom. The predicted molar refractivity (Wildman–Crippen MR) is 71.0 cm³/mol. The first-order valence-electron chi connectivity index (χ1n) is 4.74. The van der Waals surface area contributed by atoms with E-state index in [0.29, 0.717) is 13.0 Å². The standard InChI is InChI=1S/C8H18O3S3.Na/c1-3-6-11-14(9,10)8-5-7-13-12-4-2;/h3-8H2,1-2H3;. The molecule has 0 aliphatic heterocycles. The minimum Gasteiger partial charge on any atom is -0.270 e. The summed E-state index contributed by atoms with van der Waals surface area (Å²) in [5.74, 6) is 2.07. The van der Waals surface area contributed by atoms with E-state index in [2.05, 4.69) is 6.92 Å². The van der Waals surface area contributed by atoms with Crippen LogP contribution in [0, 0.1) is 0 Å². The van der Waals surface area contributed by atoms with Gasteiger partial charge in [0, 0.05) is 41.1 Å². The van der Waals surface area contributed by atoms with Crippen LogP contribution < -0.4 is 0 Å². The average Bonchev–Trinajstić information content (AvgIpc) is 2.15. The zero-order valence-electron chi connectivity index (χ0n) is 9.69. The molecule has 0 rings (SSSR count). The van der Waals surface area contributed by atoms with Crippen molar-refractivity contribution < 1.29 is 12.6 Å². The molecule has 0 N–H and O–H groups in total. The maximum atomic E-state index is 11.2. The largest absolute Gasteiger partial charge is 0.270 e. The molecule has 0 amide bonds. The van der Waals surface area contributed by atoms with Gasteiger partial charge in [-0.3, -0.25) is 4.18 Å². The van der Waals surface area contributed by atoms with E-state index in [1.165, 1.54) is 0 Å². The molecule has 7 heteroatoms. The molecule has 0 unspecified atom stereocenters. The van der Waals surface area contributed by atoms with E-state index in [4.69, 9.17) is 4.18 Å². The molecular weight excluding hydrogens is 263 g/mol. The summed E-state index contributed by atoms with van der Waals surface area (Å²) in [6.07, 6.45) is 1.41. The van der Waals surface area contributed by atoms with Crippen molar-refractivity contribution in [2.24, 2.45) is 0 Å². The Labute approximate surface area is 123 Å². The summed E-state index contributed by atoms with van der Waals surface area (Å²) in [6, 6.07) is 0. The van der Waals surface area contributed by atoms with Gasteiger partial charge in [-0.05, 0) is 12.8 Å². The van der Waals surface area contributed by atoms with Crippen LogP contribution in [-0.2, 0) is 14.3 Å². The molecule has 0 aromatic heterocycles. The summed E-state index contributed by atoms with van der Waals surface area (Å²) in [5.41, 5.74) is 0. The van der Waals surface area contributed by atoms with Gasteiger partial charge in [-0.15, -0.1) is 0 Å². The third kappa shape index (κ3) is 13.5. The van der Waals surface area contributed by atoms with Crippen LogP contribution in [0.2, 0.25) is 0 Å². The molecule has 15 heavy (non-hydrogen) atoms. The molecule has 0 atom stereocenters. The number of hydrogen-bond donors (Lipinski definition) is 0. The summed E-state index contributed by atoms with van der Waals surface area (Å²) >= 11 is 0. The Balaban J connectivity index is 0. The molecule has 1 radical (unpaired) electrons. The molecule has 0 saturated heterocycles. The van der Waals surface area contributed by atoms with Crippen molar-refractivity contribution in [3.63, 3.8) is 0 Å². The quantitative estimate of drug-likeness (QED) is 0.280. The molecule has 0 fully saturated rings. The molecule has 0 aromatic rings. The van der Waals surface area contributed by atoms with E-state index in [9.17, 15) is 8.42 Å². The summed E-state index contributed by atoms with van der Waals surface area (Å²) in [5, 5.41) is 0. The molecule has 0 bridgehead atoms. The molecule has 0 aromatic carbocycles. The monoisotopic (exact) mass is 281 g/mol. The van der Waals surface area contributed by atoms with Crippen molar-refractivity contribution >= 4 is 61.3 Å². The van der Waals surface area contributed by atoms with Crippen molar-refractivity contribution in [1.82, 2.24) is 0 Å². The summed E-state index contributed by atoms with van der Waals surface area (Å²) < 4.78 is 27.1. The third-order valence-corrected chi connectivity index (χ3v) is 5.17. The van der Waals surface area contributed by atoms with E-state index in [0.717, 1.165) is 17.9 Å². The maximum Gasteiger partial charge on any atom is 0.267 e. The van der Waals surface area contributed by atoms with Gasteiger partial charge in [0.1, 0.15) is 0 Å². The van der Waals surface area contributed by atoms with Gasteiger partial charge in [0.2, 0.25) is 0 Å². The van der Waals surface area contributed by atoms with Gasteiger partial charge >= 0.3 is 0 Å². The Morgan fingerprint density at radius 1 is 1.20 bits per heavy atom. The summed E-state index contributed by atoms with van der Waals surface area (Å²) in [6.45, 7) is 4.28. The van der Waals surface area contributed by atoms with Gasteiger partial charge in [-0.2, -0.15) is 8.42 Å². The van der Waals surface area contributed by atoms with E-state index in [-0.39, 0.29) is 35.3 Å². The van der Waals surface area contributed by atoms with Gasteiger partial charge in [0.25, 0.3) is 10.1 Å². The second-order valence-electron chi connectivity index (χ2n) is 2.67. The molecule has 0 saturated carbocycles. The minimum absolute atomic E-state index is 0. The van der Waals surface area contributed by atoms with Crippen LogP contribution in [0.1, 0.15) is 26.7 Å². The van der Waals surface area contributed by atoms with Gasteiger partial charge in [-0.25, -0.2) is 0 Å². The van der Waals surface area contributed by atoms with Crippen LogP contribution in [0.4, 0.5) is 0 Å². The van der Waals surface area contributed by atoms with E-state index in [1.807, 2.05) is 6.92 Å². The van der Waals surface area contributed by atoms with Crippen LogP contribution in [0.5, 0.6) is 0 Å². The molecular formula is C8H18NaO3S3. The van der Waals surface area contributed by atoms with Crippen LogP contribution >= 0.6 is 21.6 Å². The fraction of sp³-hybridized carbons (Fsp3) is 1.00. The van der Waals surface area contributed by atoms with Crippen LogP contribution in [-0.4, -0.2) is 61.8 Å². The summed E-state index contributed by atoms with van der Waals surface area (Å²) in [4.78, 5) is 0. The molecule has 0 heterocycles. The van der Waals surface area contributed by atoms with E-state index in [1.54, 1.807) is 21.6 Å².